The van der Waals surface area contributed by atoms with E-state index in [1.54, 1.807) is 20.8 Å². The Hall–Kier alpha value is -2.64. The molecule has 6 nitrogen and oxygen atoms in total. The predicted octanol–water partition coefficient (Wildman–Crippen LogP) is 3.19. The Balaban J connectivity index is 2.62. The molecule has 0 fully saturated rings. The van der Waals surface area contributed by atoms with Crippen LogP contribution in [0.4, 0.5) is 8.78 Å². The molecule has 138 valence electrons. The Labute approximate surface area is 144 Å². The highest BCUT2D eigenvalue weighted by Crippen LogP contribution is 2.29. The van der Waals surface area contributed by atoms with Crippen LogP contribution in [0.2, 0.25) is 0 Å². The van der Waals surface area contributed by atoms with Crippen LogP contribution in [0.5, 0.6) is 11.5 Å². The van der Waals surface area contributed by atoms with Gasteiger partial charge in [0.15, 0.2) is 18.1 Å². The molecule has 0 aliphatic carbocycles. The van der Waals surface area contributed by atoms with Crippen molar-refractivity contribution in [2.24, 2.45) is 0 Å². The average molecular weight is 358 g/mol. The fourth-order valence-electron chi connectivity index (χ4n) is 1.69. The number of alkyl halides is 2. The lowest BCUT2D eigenvalue weighted by Crippen LogP contribution is -2.27. The van der Waals surface area contributed by atoms with Crippen LogP contribution < -0.4 is 9.47 Å². The summed E-state index contributed by atoms with van der Waals surface area (Å²) in [5, 5.41) is 0. The van der Waals surface area contributed by atoms with Crippen molar-refractivity contribution in [2.75, 3.05) is 13.7 Å². The van der Waals surface area contributed by atoms with Crippen molar-refractivity contribution < 1.29 is 37.3 Å². The number of carbonyl (C=O) groups is 2. The number of methoxy groups -OCH3 is 1. The number of hydrogen-bond acceptors (Lipinski definition) is 6. The first kappa shape index (κ1) is 20.4. The van der Waals surface area contributed by atoms with Gasteiger partial charge in [0.1, 0.15) is 5.60 Å². The minimum Gasteiger partial charge on any atom is -0.493 e. The van der Waals surface area contributed by atoms with Crippen molar-refractivity contribution in [2.45, 2.75) is 33.0 Å². The molecule has 0 atom stereocenters. The fourth-order valence-corrected chi connectivity index (χ4v) is 1.69. The van der Waals surface area contributed by atoms with E-state index in [0.717, 1.165) is 6.08 Å². The predicted molar refractivity (Wildman–Crippen MR) is 85.5 cm³/mol. The Kier molecular flexibility index (Phi) is 7.35. The highest BCUT2D eigenvalue weighted by Gasteiger charge is 2.17. The quantitative estimate of drug-likeness (QED) is 0.551. The second-order valence-corrected chi connectivity index (χ2v) is 5.82. The molecule has 8 heteroatoms. The zero-order valence-corrected chi connectivity index (χ0v) is 14.4. The van der Waals surface area contributed by atoms with Crippen LogP contribution in [0.3, 0.4) is 0 Å². The minimum absolute atomic E-state index is 0.0876. The lowest BCUT2D eigenvalue weighted by Gasteiger charge is -2.19. The van der Waals surface area contributed by atoms with E-state index in [0.29, 0.717) is 5.56 Å². The van der Waals surface area contributed by atoms with Crippen LogP contribution in [-0.4, -0.2) is 37.9 Å². The fraction of sp³-hybridized carbons (Fsp3) is 0.412. The lowest BCUT2D eigenvalue weighted by atomic mass is 10.2. The van der Waals surface area contributed by atoms with Gasteiger partial charge in [-0.05, 0) is 44.5 Å². The van der Waals surface area contributed by atoms with Gasteiger partial charge in [-0.2, -0.15) is 8.78 Å². The summed E-state index contributed by atoms with van der Waals surface area (Å²) in [6.45, 7) is 1.60. The van der Waals surface area contributed by atoms with Crippen LogP contribution in [0.15, 0.2) is 24.3 Å². The van der Waals surface area contributed by atoms with Crippen molar-refractivity contribution in [3.8, 4) is 11.5 Å². The zero-order chi connectivity index (χ0) is 19.0. The largest absolute Gasteiger partial charge is 0.493 e. The molecular weight excluding hydrogens is 338 g/mol. The summed E-state index contributed by atoms with van der Waals surface area (Å²) in [6, 6.07) is 4.16. The Morgan fingerprint density at radius 3 is 2.44 bits per heavy atom. The molecule has 1 aromatic carbocycles. The number of esters is 2. The normalized spacial score (nSPS) is 11.5. The van der Waals surface area contributed by atoms with Gasteiger partial charge in [-0.15, -0.1) is 0 Å². The highest BCUT2D eigenvalue weighted by atomic mass is 19.3. The van der Waals surface area contributed by atoms with Gasteiger partial charge in [0, 0.05) is 6.08 Å². The van der Waals surface area contributed by atoms with Crippen LogP contribution in [0, 0.1) is 0 Å². The first-order valence-corrected chi connectivity index (χ1v) is 7.30. The van der Waals surface area contributed by atoms with Crippen molar-refractivity contribution in [1.82, 2.24) is 0 Å². The molecule has 25 heavy (non-hydrogen) atoms. The highest BCUT2D eigenvalue weighted by molar-refractivity contribution is 5.88. The van der Waals surface area contributed by atoms with Crippen LogP contribution >= 0.6 is 0 Å². The van der Waals surface area contributed by atoms with E-state index in [1.807, 2.05) is 0 Å². The smallest absolute Gasteiger partial charge is 0.387 e. The average Bonchev–Trinajstić information content (AvgIpc) is 2.49. The summed E-state index contributed by atoms with van der Waals surface area (Å²) in [6.07, 6.45) is 2.47. The maximum atomic E-state index is 12.3. The standard InChI is InChI=1S/C17H20F2O6/c1-17(2,3)25-15(21)10-23-14(20)8-6-11-5-7-12(24-16(18)19)13(9-11)22-4/h5-9,16H,10H2,1-4H3/b8-6+. The Bertz CT molecular complexity index is 635. The number of ether oxygens (including phenoxy) is 4. The number of hydrogen-bond donors (Lipinski definition) is 0. The van der Waals surface area contributed by atoms with Gasteiger partial charge in [0.05, 0.1) is 7.11 Å². The van der Waals surface area contributed by atoms with Crippen LogP contribution in [-0.2, 0) is 19.1 Å². The van der Waals surface area contributed by atoms with Gasteiger partial charge in [0.25, 0.3) is 0 Å². The van der Waals surface area contributed by atoms with Gasteiger partial charge in [0.2, 0.25) is 0 Å². The molecule has 0 unspecified atom stereocenters. The second-order valence-electron chi connectivity index (χ2n) is 5.82. The number of carbonyl (C=O) groups excluding carboxylic acids is 2. The van der Waals surface area contributed by atoms with Gasteiger partial charge in [-0.1, -0.05) is 6.07 Å². The molecule has 0 saturated heterocycles. The molecule has 0 aliphatic heterocycles. The summed E-state index contributed by atoms with van der Waals surface area (Å²) in [5.74, 6) is -1.45. The topological polar surface area (TPSA) is 71.1 Å². The van der Waals surface area contributed by atoms with Crippen molar-refractivity contribution in [3.05, 3.63) is 29.8 Å². The molecule has 0 saturated carbocycles. The van der Waals surface area contributed by atoms with Crippen LogP contribution in [0.25, 0.3) is 6.08 Å². The third kappa shape index (κ3) is 8.14. The van der Waals surface area contributed by atoms with Crippen molar-refractivity contribution in [1.29, 1.82) is 0 Å². The number of halogens is 2. The monoisotopic (exact) mass is 358 g/mol. The molecule has 1 aromatic rings. The summed E-state index contributed by atoms with van der Waals surface area (Å²) in [4.78, 5) is 23.0. The molecule has 0 spiro atoms. The van der Waals surface area contributed by atoms with E-state index in [4.69, 9.17) is 14.2 Å². The molecule has 0 aliphatic rings. The maximum Gasteiger partial charge on any atom is 0.387 e. The molecule has 0 bridgehead atoms. The molecule has 0 heterocycles. The van der Waals surface area contributed by atoms with E-state index in [9.17, 15) is 18.4 Å². The van der Waals surface area contributed by atoms with Gasteiger partial charge in [-0.3, -0.25) is 0 Å². The Morgan fingerprint density at radius 1 is 1.20 bits per heavy atom. The number of benzene rings is 1. The zero-order valence-electron chi connectivity index (χ0n) is 14.4. The first-order valence-electron chi connectivity index (χ1n) is 7.30. The van der Waals surface area contributed by atoms with Crippen LogP contribution in [0.1, 0.15) is 26.3 Å². The van der Waals surface area contributed by atoms with E-state index in [1.165, 1.54) is 31.4 Å². The van der Waals surface area contributed by atoms with E-state index in [2.05, 4.69) is 4.74 Å². The summed E-state index contributed by atoms with van der Waals surface area (Å²) in [5.41, 5.74) is -0.175. The van der Waals surface area contributed by atoms with E-state index < -0.39 is 30.8 Å². The van der Waals surface area contributed by atoms with E-state index in [-0.39, 0.29) is 11.5 Å². The number of rotatable bonds is 7. The van der Waals surface area contributed by atoms with Gasteiger partial charge in [-0.25, -0.2) is 9.59 Å². The van der Waals surface area contributed by atoms with E-state index >= 15 is 0 Å². The minimum atomic E-state index is -2.97. The van der Waals surface area contributed by atoms with Gasteiger partial charge >= 0.3 is 18.6 Å². The summed E-state index contributed by atoms with van der Waals surface area (Å²) < 4.78 is 43.5. The third-order valence-corrected chi connectivity index (χ3v) is 2.57. The van der Waals surface area contributed by atoms with Crippen molar-refractivity contribution in [3.63, 3.8) is 0 Å². The third-order valence-electron chi connectivity index (χ3n) is 2.57. The molecule has 0 aromatic heterocycles. The molecule has 1 rings (SSSR count). The molecule has 0 radical (unpaired) electrons. The SMILES string of the molecule is COc1cc(/C=C/C(=O)OCC(=O)OC(C)(C)C)ccc1OC(F)F. The van der Waals surface area contributed by atoms with Gasteiger partial charge < -0.3 is 18.9 Å². The maximum absolute atomic E-state index is 12.3. The van der Waals surface area contributed by atoms with Crippen molar-refractivity contribution >= 4 is 18.0 Å². The summed E-state index contributed by atoms with van der Waals surface area (Å²) >= 11 is 0. The second kappa shape index (κ2) is 9.00. The Morgan fingerprint density at radius 2 is 1.88 bits per heavy atom. The first-order chi connectivity index (χ1) is 11.6. The molecule has 0 amide bonds. The summed E-state index contributed by atoms with van der Waals surface area (Å²) in [7, 11) is 1.30. The lowest BCUT2D eigenvalue weighted by molar-refractivity contribution is -0.164. The molecular formula is C17H20F2O6. The molecule has 0 N–H and O–H groups in total.